The van der Waals surface area contributed by atoms with Gasteiger partial charge in [-0.25, -0.2) is 0 Å². The maximum absolute atomic E-state index is 13.1. The molecule has 8 nitrogen and oxygen atoms in total. The Bertz CT molecular complexity index is 1220. The van der Waals surface area contributed by atoms with Crippen LogP contribution in [0.2, 0.25) is 0 Å². The van der Waals surface area contributed by atoms with Crippen LogP contribution in [0.1, 0.15) is 22.2 Å². The van der Waals surface area contributed by atoms with Gasteiger partial charge in [-0.1, -0.05) is 29.5 Å². The van der Waals surface area contributed by atoms with Gasteiger partial charge in [0, 0.05) is 22.7 Å². The standard InChI is InChI=1S/C19H12N4O4S/c24-16(13-6-3-7-27-13)14-15(11-8-20-12-5-2-1-4-10(11)12)23(18(26)17(14)25)19-22-21-9-28-19/h1-9,15,20,25H. The highest BCUT2D eigenvalue weighted by Crippen LogP contribution is 2.44. The fraction of sp³-hybridized carbons (Fsp3) is 0.0526. The Morgan fingerprint density at radius 3 is 2.86 bits per heavy atom. The summed E-state index contributed by atoms with van der Waals surface area (Å²) >= 11 is 1.14. The van der Waals surface area contributed by atoms with Crippen LogP contribution >= 0.6 is 11.3 Å². The van der Waals surface area contributed by atoms with Gasteiger partial charge in [0.2, 0.25) is 10.9 Å². The number of anilines is 1. The summed E-state index contributed by atoms with van der Waals surface area (Å²) in [6.45, 7) is 0. The molecule has 0 saturated carbocycles. The van der Waals surface area contributed by atoms with Gasteiger partial charge < -0.3 is 14.5 Å². The van der Waals surface area contributed by atoms with E-state index >= 15 is 0 Å². The topological polar surface area (TPSA) is 112 Å². The second kappa shape index (κ2) is 6.17. The number of benzene rings is 1. The fourth-order valence-electron chi connectivity index (χ4n) is 3.46. The number of aliphatic hydroxyl groups excluding tert-OH is 1. The van der Waals surface area contributed by atoms with Crippen molar-refractivity contribution in [2.45, 2.75) is 6.04 Å². The molecule has 0 spiro atoms. The molecule has 9 heteroatoms. The van der Waals surface area contributed by atoms with Crippen LogP contribution in [0.4, 0.5) is 5.13 Å². The van der Waals surface area contributed by atoms with Crippen molar-refractivity contribution in [2.24, 2.45) is 0 Å². The Kier molecular flexibility index (Phi) is 3.63. The van der Waals surface area contributed by atoms with E-state index in [-0.39, 0.29) is 16.5 Å². The molecule has 1 amide bonds. The quantitative estimate of drug-likeness (QED) is 0.515. The van der Waals surface area contributed by atoms with Gasteiger partial charge in [0.25, 0.3) is 5.91 Å². The average molecular weight is 392 g/mol. The number of furan rings is 1. The number of para-hydroxylation sites is 1. The molecule has 5 rings (SSSR count). The molecule has 138 valence electrons. The summed E-state index contributed by atoms with van der Waals surface area (Å²) in [7, 11) is 0. The van der Waals surface area contributed by atoms with Crippen molar-refractivity contribution in [3.63, 3.8) is 0 Å². The third kappa shape index (κ3) is 2.30. The number of aromatic amines is 1. The van der Waals surface area contributed by atoms with Crippen molar-refractivity contribution in [3.8, 4) is 0 Å². The number of fused-ring (bicyclic) bond motifs is 1. The molecule has 4 heterocycles. The number of carbonyl (C=O) groups is 2. The van der Waals surface area contributed by atoms with Gasteiger partial charge in [-0.05, 0) is 18.2 Å². The fourth-order valence-corrected chi connectivity index (χ4v) is 4.05. The average Bonchev–Trinajstić information content (AvgIpc) is 3.49. The number of aliphatic hydroxyl groups is 1. The molecular weight excluding hydrogens is 380 g/mol. The number of carbonyl (C=O) groups excluding carboxylic acids is 2. The molecule has 2 N–H and O–H groups in total. The molecule has 1 aliphatic rings. The molecule has 1 atom stereocenters. The van der Waals surface area contributed by atoms with E-state index in [0.717, 1.165) is 22.2 Å². The van der Waals surface area contributed by atoms with E-state index in [4.69, 9.17) is 4.42 Å². The van der Waals surface area contributed by atoms with Crippen LogP contribution in [0, 0.1) is 0 Å². The zero-order valence-corrected chi connectivity index (χ0v) is 15.0. The van der Waals surface area contributed by atoms with E-state index in [0.29, 0.717) is 5.56 Å². The lowest BCUT2D eigenvalue weighted by Gasteiger charge is -2.23. The van der Waals surface area contributed by atoms with Crippen molar-refractivity contribution >= 4 is 39.1 Å². The van der Waals surface area contributed by atoms with Gasteiger partial charge in [0.1, 0.15) is 5.51 Å². The Labute approximate surface area is 161 Å². The Balaban J connectivity index is 1.74. The van der Waals surface area contributed by atoms with E-state index in [1.165, 1.54) is 22.7 Å². The number of ketones is 1. The number of hydrogen-bond donors (Lipinski definition) is 2. The first-order valence-corrected chi connectivity index (χ1v) is 9.22. The number of amides is 1. The number of H-pyrrole nitrogens is 1. The number of hydrogen-bond acceptors (Lipinski definition) is 7. The Morgan fingerprint density at radius 1 is 1.25 bits per heavy atom. The molecule has 0 saturated heterocycles. The predicted molar refractivity (Wildman–Crippen MR) is 101 cm³/mol. The molecule has 4 aromatic rings. The van der Waals surface area contributed by atoms with Crippen molar-refractivity contribution in [2.75, 3.05) is 4.90 Å². The Hall–Kier alpha value is -3.72. The minimum atomic E-state index is -0.866. The third-order valence-electron chi connectivity index (χ3n) is 4.67. The molecule has 3 aromatic heterocycles. The first-order chi connectivity index (χ1) is 13.7. The number of Topliss-reactive ketones (excluding diaryl/α,β-unsaturated/α-hetero) is 1. The largest absolute Gasteiger partial charge is 0.503 e. The minimum absolute atomic E-state index is 0.0401. The van der Waals surface area contributed by atoms with Crippen molar-refractivity contribution < 1.29 is 19.1 Å². The van der Waals surface area contributed by atoms with Crippen LogP contribution in [0.5, 0.6) is 0 Å². The summed E-state index contributed by atoms with van der Waals surface area (Å²) in [6.07, 6.45) is 3.09. The highest BCUT2D eigenvalue weighted by Gasteiger charge is 2.47. The zero-order valence-electron chi connectivity index (χ0n) is 14.2. The van der Waals surface area contributed by atoms with Gasteiger partial charge in [-0.15, -0.1) is 10.2 Å². The maximum atomic E-state index is 13.1. The lowest BCUT2D eigenvalue weighted by atomic mass is 9.95. The van der Waals surface area contributed by atoms with Crippen LogP contribution in [0.15, 0.2) is 70.1 Å². The van der Waals surface area contributed by atoms with Gasteiger partial charge in [0.15, 0.2) is 11.5 Å². The molecule has 1 unspecified atom stereocenters. The van der Waals surface area contributed by atoms with Crippen LogP contribution in [-0.2, 0) is 4.79 Å². The number of nitrogens with one attached hydrogen (secondary N) is 1. The third-order valence-corrected chi connectivity index (χ3v) is 5.36. The number of rotatable bonds is 4. The molecule has 0 bridgehead atoms. The van der Waals surface area contributed by atoms with E-state index in [1.807, 2.05) is 24.3 Å². The maximum Gasteiger partial charge on any atom is 0.296 e. The van der Waals surface area contributed by atoms with E-state index in [1.54, 1.807) is 12.3 Å². The smallest absolute Gasteiger partial charge is 0.296 e. The second-order valence-electron chi connectivity index (χ2n) is 6.16. The van der Waals surface area contributed by atoms with E-state index < -0.39 is 23.5 Å². The summed E-state index contributed by atoms with van der Waals surface area (Å²) in [5, 5.41) is 19.5. The molecule has 0 aliphatic carbocycles. The molecule has 1 aromatic carbocycles. The SMILES string of the molecule is O=C(C1=C(O)C(=O)N(c2nncs2)C1c1c[nH]c2ccccc12)c1ccco1. The van der Waals surface area contributed by atoms with Gasteiger partial charge in [-0.2, -0.15) is 0 Å². The normalized spacial score (nSPS) is 17.1. The zero-order chi connectivity index (χ0) is 19.3. The molecule has 0 fully saturated rings. The number of nitrogens with zero attached hydrogens (tertiary/aromatic N) is 3. The van der Waals surface area contributed by atoms with Crippen molar-refractivity contribution in [3.05, 3.63) is 77.0 Å². The molecular formula is C19H12N4O4S. The van der Waals surface area contributed by atoms with Crippen LogP contribution < -0.4 is 4.90 Å². The molecule has 0 radical (unpaired) electrons. The second-order valence-corrected chi connectivity index (χ2v) is 6.97. The monoisotopic (exact) mass is 392 g/mol. The first kappa shape index (κ1) is 16.5. The van der Waals surface area contributed by atoms with Crippen LogP contribution in [0.25, 0.3) is 10.9 Å². The minimum Gasteiger partial charge on any atom is -0.503 e. The highest BCUT2D eigenvalue weighted by molar-refractivity contribution is 7.13. The summed E-state index contributed by atoms with van der Waals surface area (Å²) in [6, 6.07) is 9.72. The summed E-state index contributed by atoms with van der Waals surface area (Å²) in [5.41, 5.74) is 2.94. The lowest BCUT2D eigenvalue weighted by Crippen LogP contribution is -2.30. The summed E-state index contributed by atoms with van der Waals surface area (Å²) in [4.78, 5) is 30.4. The lowest BCUT2D eigenvalue weighted by molar-refractivity contribution is -0.117. The molecule has 28 heavy (non-hydrogen) atoms. The van der Waals surface area contributed by atoms with Crippen LogP contribution in [0.3, 0.4) is 0 Å². The van der Waals surface area contributed by atoms with Gasteiger partial charge >= 0.3 is 0 Å². The van der Waals surface area contributed by atoms with E-state index in [9.17, 15) is 14.7 Å². The van der Waals surface area contributed by atoms with Gasteiger partial charge in [0.05, 0.1) is 17.9 Å². The molecule has 1 aliphatic heterocycles. The summed E-state index contributed by atoms with van der Waals surface area (Å²) in [5.74, 6) is -1.84. The first-order valence-electron chi connectivity index (χ1n) is 8.34. The van der Waals surface area contributed by atoms with Crippen LogP contribution in [-0.4, -0.2) is 32.0 Å². The highest BCUT2D eigenvalue weighted by atomic mass is 32.1. The van der Waals surface area contributed by atoms with Gasteiger partial charge in [-0.3, -0.25) is 14.5 Å². The van der Waals surface area contributed by atoms with Crippen molar-refractivity contribution in [1.29, 1.82) is 0 Å². The summed E-state index contributed by atoms with van der Waals surface area (Å²) < 4.78 is 5.21. The van der Waals surface area contributed by atoms with E-state index in [2.05, 4.69) is 15.2 Å². The van der Waals surface area contributed by atoms with Crippen molar-refractivity contribution in [1.82, 2.24) is 15.2 Å². The number of aromatic nitrogens is 3. The Morgan fingerprint density at radius 2 is 2.11 bits per heavy atom. The predicted octanol–water partition coefficient (Wildman–Crippen LogP) is 3.40.